The Bertz CT molecular complexity index is 585. The van der Waals surface area contributed by atoms with E-state index in [0.29, 0.717) is 11.3 Å². The molecule has 10 nitrogen and oxygen atoms in total. The van der Waals surface area contributed by atoms with Gasteiger partial charge in [0.15, 0.2) is 11.5 Å². The number of rotatable bonds is 8. The fourth-order valence-electron chi connectivity index (χ4n) is 1.53. The molecule has 1 unspecified atom stereocenters. The fourth-order valence-corrected chi connectivity index (χ4v) is 3.11. The Labute approximate surface area is 126 Å². The molecule has 0 radical (unpaired) electrons. The van der Waals surface area contributed by atoms with E-state index in [2.05, 4.69) is 8.83 Å². The third kappa shape index (κ3) is 5.58. The lowest BCUT2D eigenvalue weighted by atomic mass is 10.2. The van der Waals surface area contributed by atoms with E-state index in [1.54, 1.807) is 0 Å². The van der Waals surface area contributed by atoms with Crippen LogP contribution < -0.4 is 14.2 Å². The molecule has 1 aromatic rings. The third-order valence-electron chi connectivity index (χ3n) is 2.33. The Balaban J connectivity index is 2.95. The summed E-state index contributed by atoms with van der Waals surface area (Å²) in [4.78, 5) is 26.2. The van der Waals surface area contributed by atoms with Crippen LogP contribution >= 0.6 is 15.6 Å². The van der Waals surface area contributed by atoms with Crippen molar-refractivity contribution in [2.24, 2.45) is 0 Å². The van der Waals surface area contributed by atoms with E-state index in [0.717, 1.165) is 0 Å². The lowest BCUT2D eigenvalue weighted by molar-refractivity contribution is 0.172. The van der Waals surface area contributed by atoms with E-state index in [9.17, 15) is 14.0 Å². The van der Waals surface area contributed by atoms with Gasteiger partial charge < -0.3 is 28.9 Å². The van der Waals surface area contributed by atoms with Crippen LogP contribution in [0.5, 0.6) is 17.2 Å². The van der Waals surface area contributed by atoms with Crippen LogP contribution in [0.4, 0.5) is 0 Å². The van der Waals surface area contributed by atoms with Crippen LogP contribution in [0.25, 0.3) is 0 Å². The SMILES string of the molecule is COc1cc(COP(=O)(O)OP(=O)(O)O)cc(OC)c1OC. The number of hydrogen-bond donors (Lipinski definition) is 3. The van der Waals surface area contributed by atoms with Crippen molar-refractivity contribution in [1.29, 1.82) is 0 Å². The van der Waals surface area contributed by atoms with Crippen LogP contribution in [-0.4, -0.2) is 36.0 Å². The minimum Gasteiger partial charge on any atom is -0.493 e. The normalized spacial score (nSPS) is 14.3. The number of phosphoric ester groups is 1. The maximum absolute atomic E-state index is 11.4. The van der Waals surface area contributed by atoms with Gasteiger partial charge in [0.1, 0.15) is 0 Å². The second-order valence-electron chi connectivity index (χ2n) is 3.85. The molecule has 12 heteroatoms. The molecule has 0 aliphatic rings. The number of hydrogen-bond acceptors (Lipinski definition) is 7. The molecule has 126 valence electrons. The summed E-state index contributed by atoms with van der Waals surface area (Å²) >= 11 is 0. The minimum atomic E-state index is -5.16. The molecule has 1 rings (SSSR count). The van der Waals surface area contributed by atoms with E-state index in [1.165, 1.54) is 33.5 Å². The van der Waals surface area contributed by atoms with E-state index in [4.69, 9.17) is 24.0 Å². The quantitative estimate of drug-likeness (QED) is 0.584. The van der Waals surface area contributed by atoms with Crippen LogP contribution in [-0.2, 0) is 24.6 Å². The summed E-state index contributed by atoms with van der Waals surface area (Å²) in [6, 6.07) is 2.89. The first-order valence-electron chi connectivity index (χ1n) is 5.65. The van der Waals surface area contributed by atoms with Gasteiger partial charge >= 0.3 is 15.6 Å². The predicted octanol–water partition coefficient (Wildman–Crippen LogP) is 1.44. The zero-order chi connectivity index (χ0) is 17.0. The van der Waals surface area contributed by atoms with E-state index in [-0.39, 0.29) is 11.5 Å². The zero-order valence-electron chi connectivity index (χ0n) is 12.0. The molecule has 22 heavy (non-hydrogen) atoms. The smallest absolute Gasteiger partial charge is 0.481 e. The Morgan fingerprint density at radius 1 is 0.955 bits per heavy atom. The first-order valence-corrected chi connectivity index (χ1v) is 8.67. The van der Waals surface area contributed by atoms with Crippen molar-refractivity contribution < 1.29 is 46.9 Å². The highest BCUT2D eigenvalue weighted by Gasteiger charge is 2.32. The number of benzene rings is 1. The lowest BCUT2D eigenvalue weighted by Gasteiger charge is -2.15. The monoisotopic (exact) mass is 358 g/mol. The Hall–Kier alpha value is -1.12. The zero-order valence-corrected chi connectivity index (χ0v) is 13.7. The van der Waals surface area contributed by atoms with Gasteiger partial charge in [-0.25, -0.2) is 9.13 Å². The maximum Gasteiger partial charge on any atom is 0.481 e. The summed E-state index contributed by atoms with van der Waals surface area (Å²) in [5.74, 6) is 0.876. The molecular weight excluding hydrogens is 342 g/mol. The maximum atomic E-state index is 11.4. The van der Waals surface area contributed by atoms with Crippen molar-refractivity contribution in [3.63, 3.8) is 0 Å². The second kappa shape index (κ2) is 7.43. The molecule has 0 spiro atoms. The molecule has 0 saturated heterocycles. The summed E-state index contributed by atoms with van der Waals surface area (Å²) in [6.45, 7) is -0.482. The molecule has 0 saturated carbocycles. The highest BCUT2D eigenvalue weighted by Crippen LogP contribution is 2.58. The highest BCUT2D eigenvalue weighted by atomic mass is 31.3. The average molecular weight is 358 g/mol. The van der Waals surface area contributed by atoms with Crippen LogP contribution in [0.2, 0.25) is 0 Å². The van der Waals surface area contributed by atoms with Gasteiger partial charge in [-0.15, -0.1) is 0 Å². The Kier molecular flexibility index (Phi) is 6.39. The summed E-state index contributed by atoms with van der Waals surface area (Å²) in [7, 11) is -5.90. The van der Waals surface area contributed by atoms with Gasteiger partial charge in [-0.1, -0.05) is 0 Å². The van der Waals surface area contributed by atoms with Crippen LogP contribution in [0.3, 0.4) is 0 Å². The van der Waals surface area contributed by atoms with E-state index < -0.39 is 22.3 Å². The molecule has 3 N–H and O–H groups in total. The van der Waals surface area contributed by atoms with Crippen LogP contribution in [0.1, 0.15) is 5.56 Å². The molecule has 0 amide bonds. The number of methoxy groups -OCH3 is 3. The largest absolute Gasteiger partial charge is 0.493 e. The number of ether oxygens (including phenoxy) is 3. The molecule has 0 fully saturated rings. The van der Waals surface area contributed by atoms with Crippen LogP contribution in [0.15, 0.2) is 12.1 Å². The molecule has 1 aromatic carbocycles. The summed E-state index contributed by atoms with van der Waals surface area (Å²) in [5, 5.41) is 0. The molecule has 0 aromatic heterocycles. The first kappa shape index (κ1) is 18.9. The van der Waals surface area contributed by atoms with E-state index >= 15 is 0 Å². The van der Waals surface area contributed by atoms with Gasteiger partial charge in [0, 0.05) is 0 Å². The van der Waals surface area contributed by atoms with Crippen molar-refractivity contribution in [1.82, 2.24) is 0 Å². The van der Waals surface area contributed by atoms with Gasteiger partial charge in [0.05, 0.1) is 27.9 Å². The molecule has 0 heterocycles. The van der Waals surface area contributed by atoms with Crippen molar-refractivity contribution in [2.75, 3.05) is 21.3 Å². The summed E-state index contributed by atoms with van der Waals surface area (Å²) < 4.78 is 45.4. The van der Waals surface area contributed by atoms with Crippen molar-refractivity contribution in [3.8, 4) is 17.2 Å². The molecular formula is C10H16O10P2. The van der Waals surface area contributed by atoms with Gasteiger partial charge in [-0.05, 0) is 17.7 Å². The summed E-state index contributed by atoms with van der Waals surface area (Å²) in [6.07, 6.45) is 0. The van der Waals surface area contributed by atoms with Gasteiger partial charge in [0.25, 0.3) is 0 Å². The number of phosphoric acid groups is 2. The fraction of sp³-hybridized carbons (Fsp3) is 0.400. The van der Waals surface area contributed by atoms with Crippen LogP contribution in [0, 0.1) is 0 Å². The summed E-state index contributed by atoms with van der Waals surface area (Å²) in [5.41, 5.74) is 0.332. The molecule has 0 bridgehead atoms. The molecule has 0 aliphatic carbocycles. The predicted molar refractivity (Wildman–Crippen MR) is 73.8 cm³/mol. The highest BCUT2D eigenvalue weighted by molar-refractivity contribution is 7.60. The molecule has 0 aliphatic heterocycles. The second-order valence-corrected chi connectivity index (χ2v) is 6.68. The van der Waals surface area contributed by atoms with Gasteiger partial charge in [-0.3, -0.25) is 4.52 Å². The van der Waals surface area contributed by atoms with Crippen molar-refractivity contribution in [2.45, 2.75) is 6.61 Å². The average Bonchev–Trinajstić information content (AvgIpc) is 2.41. The Morgan fingerprint density at radius 3 is 1.82 bits per heavy atom. The third-order valence-corrected chi connectivity index (χ3v) is 4.46. The van der Waals surface area contributed by atoms with Crippen molar-refractivity contribution in [3.05, 3.63) is 17.7 Å². The lowest BCUT2D eigenvalue weighted by Crippen LogP contribution is -1.99. The first-order chi connectivity index (χ1) is 10.1. The van der Waals surface area contributed by atoms with Gasteiger partial charge in [0.2, 0.25) is 5.75 Å². The standard InChI is InChI=1S/C10H16O10P2/c1-16-8-4-7(5-9(17-2)10(8)18-3)6-19-22(14,15)20-21(11,12)13/h4-5H,6H2,1-3H3,(H,14,15)(H2,11,12,13). The topological polar surface area (TPSA) is 141 Å². The Morgan fingerprint density at radius 2 is 1.45 bits per heavy atom. The van der Waals surface area contributed by atoms with E-state index in [1.807, 2.05) is 0 Å². The van der Waals surface area contributed by atoms with Gasteiger partial charge in [-0.2, -0.15) is 4.31 Å². The van der Waals surface area contributed by atoms with Crippen molar-refractivity contribution >= 4 is 15.6 Å². The molecule has 1 atom stereocenters. The minimum absolute atomic E-state index is 0.282.